The van der Waals surface area contributed by atoms with Crippen molar-refractivity contribution >= 4 is 11.7 Å². The molecule has 5 heteroatoms. The van der Waals surface area contributed by atoms with Crippen molar-refractivity contribution in [3.05, 3.63) is 54.1 Å². The van der Waals surface area contributed by atoms with Crippen molar-refractivity contribution in [2.45, 2.75) is 72.1 Å². The largest absolute Gasteiger partial charge is 0.490 e. The molecular formula is C33H43NO4. The summed E-state index contributed by atoms with van der Waals surface area (Å²) in [6.45, 7) is 15.8. The molecule has 3 aliphatic heterocycles. The Hall–Kier alpha value is -2.40. The summed E-state index contributed by atoms with van der Waals surface area (Å²) in [6.07, 6.45) is 7.24. The topological polar surface area (TPSA) is 64.6 Å². The lowest BCUT2D eigenvalue weighted by Gasteiger charge is -2.50. The van der Waals surface area contributed by atoms with Crippen LogP contribution >= 0.6 is 0 Å². The van der Waals surface area contributed by atoms with Crippen LogP contribution in [0.5, 0.6) is 5.75 Å². The van der Waals surface area contributed by atoms with Gasteiger partial charge in [0.1, 0.15) is 29.3 Å². The smallest absolute Gasteiger partial charge is 0.232 e. The zero-order chi connectivity index (χ0) is 27.2. The maximum Gasteiger partial charge on any atom is 0.232 e. The van der Waals surface area contributed by atoms with Crippen molar-refractivity contribution in [2.75, 3.05) is 7.11 Å². The average Bonchev–Trinajstić information content (AvgIpc) is 3.31. The number of hydrogen-bond donors (Lipinski definition) is 1. The molecule has 7 rings (SSSR count). The van der Waals surface area contributed by atoms with Crippen LogP contribution in [0.25, 0.3) is 0 Å². The number of ether oxygens (including phenoxy) is 2. The molecular weight excluding hydrogens is 474 g/mol. The van der Waals surface area contributed by atoms with Crippen molar-refractivity contribution in [2.24, 2.45) is 52.3 Å². The lowest BCUT2D eigenvalue weighted by atomic mass is 9.53. The van der Waals surface area contributed by atoms with Gasteiger partial charge in [-0.25, -0.2) is 0 Å². The van der Waals surface area contributed by atoms with Crippen molar-refractivity contribution in [3.63, 3.8) is 0 Å². The van der Waals surface area contributed by atoms with Crippen LogP contribution in [-0.2, 0) is 20.7 Å². The fourth-order valence-corrected chi connectivity index (χ4v) is 10.2. The van der Waals surface area contributed by atoms with E-state index in [1.807, 2.05) is 6.08 Å². The fourth-order valence-electron chi connectivity index (χ4n) is 10.2. The SMILES string of the molecule is C=C[C@@]1(C)C=C(C)C2C3[C@@H](Oc4ccc(cc4)C[C@]4(OC)C[C@@H](C(=O)N4)C(=O)[C@@H]31)C1[C@H](C)C[C@@H](C)C[C@@]21C. The number of hydrogen-bond acceptors (Lipinski definition) is 4. The summed E-state index contributed by atoms with van der Waals surface area (Å²) in [5, 5.41) is 3.09. The third kappa shape index (κ3) is 3.53. The Morgan fingerprint density at radius 1 is 1.11 bits per heavy atom. The molecule has 1 N–H and O–H groups in total. The van der Waals surface area contributed by atoms with E-state index in [-0.39, 0.29) is 35.0 Å². The monoisotopic (exact) mass is 517 g/mol. The van der Waals surface area contributed by atoms with Crippen molar-refractivity contribution < 1.29 is 19.1 Å². The van der Waals surface area contributed by atoms with Gasteiger partial charge in [0.15, 0.2) is 0 Å². The van der Waals surface area contributed by atoms with Gasteiger partial charge < -0.3 is 14.8 Å². The van der Waals surface area contributed by atoms with Crippen LogP contribution in [0.4, 0.5) is 0 Å². The van der Waals surface area contributed by atoms with Crippen LogP contribution < -0.4 is 10.1 Å². The number of nitrogens with one attached hydrogen (secondary N) is 1. The molecule has 2 saturated carbocycles. The Balaban J connectivity index is 1.59. The average molecular weight is 518 g/mol. The molecule has 3 fully saturated rings. The quantitative estimate of drug-likeness (QED) is 0.401. The molecule has 3 aliphatic carbocycles. The van der Waals surface area contributed by atoms with Gasteiger partial charge >= 0.3 is 0 Å². The van der Waals surface area contributed by atoms with Crippen LogP contribution in [0.1, 0.15) is 59.4 Å². The summed E-state index contributed by atoms with van der Waals surface area (Å²) in [5.74, 6) is 1.09. The van der Waals surface area contributed by atoms with Gasteiger partial charge in [0.05, 0.1) is 0 Å². The molecule has 3 unspecified atom stereocenters. The number of Topliss-reactive ketones (excluding diaryl/α,β-unsaturated/α-hetero) is 1. The number of allylic oxidation sites excluding steroid dienone is 3. The van der Waals surface area contributed by atoms with Crippen molar-refractivity contribution in [1.29, 1.82) is 0 Å². The van der Waals surface area contributed by atoms with E-state index < -0.39 is 23.0 Å². The predicted octanol–water partition coefficient (Wildman–Crippen LogP) is 5.74. The Kier molecular flexibility index (Phi) is 5.82. The molecule has 0 spiro atoms. The number of carbonyl (C=O) groups is 2. The summed E-state index contributed by atoms with van der Waals surface area (Å²) in [4.78, 5) is 28.2. The number of benzene rings is 1. The van der Waals surface area contributed by atoms with Gasteiger partial charge in [-0.15, -0.1) is 6.58 Å². The van der Waals surface area contributed by atoms with Crippen LogP contribution in [0.15, 0.2) is 48.6 Å². The zero-order valence-electron chi connectivity index (χ0n) is 23.8. The molecule has 0 radical (unpaired) electrons. The molecule has 6 aliphatic rings. The first kappa shape index (κ1) is 25.9. The van der Waals surface area contributed by atoms with E-state index in [1.165, 1.54) is 12.0 Å². The first-order valence-corrected chi connectivity index (χ1v) is 14.4. The van der Waals surface area contributed by atoms with Crippen LogP contribution in [0.3, 0.4) is 0 Å². The van der Waals surface area contributed by atoms with Gasteiger partial charge in [-0.05, 0) is 60.6 Å². The highest BCUT2D eigenvalue weighted by molar-refractivity contribution is 6.05. The Morgan fingerprint density at radius 3 is 2.47 bits per heavy atom. The molecule has 4 bridgehead atoms. The second-order valence-electron chi connectivity index (χ2n) is 13.8. The van der Waals surface area contributed by atoms with Crippen molar-refractivity contribution in [1.82, 2.24) is 5.32 Å². The van der Waals surface area contributed by atoms with Gasteiger partial charge in [-0.2, -0.15) is 0 Å². The molecule has 0 aromatic heterocycles. The Morgan fingerprint density at radius 2 is 1.82 bits per heavy atom. The minimum atomic E-state index is -0.892. The molecule has 3 heterocycles. The fraction of sp³-hybridized carbons (Fsp3) is 0.636. The molecule has 1 aromatic carbocycles. The first-order valence-electron chi connectivity index (χ1n) is 14.4. The highest BCUT2D eigenvalue weighted by Gasteiger charge is 2.68. The third-order valence-electron chi connectivity index (χ3n) is 11.2. The van der Waals surface area contributed by atoms with E-state index in [0.717, 1.165) is 17.7 Å². The van der Waals surface area contributed by atoms with E-state index in [0.29, 0.717) is 30.6 Å². The predicted molar refractivity (Wildman–Crippen MR) is 147 cm³/mol. The van der Waals surface area contributed by atoms with E-state index in [4.69, 9.17) is 9.47 Å². The third-order valence-corrected chi connectivity index (χ3v) is 11.2. The molecule has 11 atom stereocenters. The van der Waals surface area contributed by atoms with Gasteiger partial charge in [-0.3, -0.25) is 9.59 Å². The van der Waals surface area contributed by atoms with Gasteiger partial charge in [0, 0.05) is 43.1 Å². The summed E-state index contributed by atoms with van der Waals surface area (Å²) in [7, 11) is 1.63. The first-order chi connectivity index (χ1) is 17.9. The van der Waals surface area contributed by atoms with Crippen LogP contribution in [0, 0.1) is 52.3 Å². The summed E-state index contributed by atoms with van der Waals surface area (Å²) >= 11 is 0. The second-order valence-corrected chi connectivity index (χ2v) is 13.8. The van der Waals surface area contributed by atoms with Gasteiger partial charge in [0.25, 0.3) is 0 Å². The highest BCUT2D eigenvalue weighted by atomic mass is 16.5. The lowest BCUT2D eigenvalue weighted by molar-refractivity contribution is -0.139. The van der Waals surface area contributed by atoms with Gasteiger partial charge in [0.2, 0.25) is 5.91 Å². The maximum absolute atomic E-state index is 14.7. The molecule has 1 aromatic rings. The molecule has 5 nitrogen and oxygen atoms in total. The van der Waals surface area contributed by atoms with E-state index in [9.17, 15) is 9.59 Å². The summed E-state index contributed by atoms with van der Waals surface area (Å²) in [5.41, 5.74) is 0.941. The summed E-state index contributed by atoms with van der Waals surface area (Å²) in [6, 6.07) is 8.26. The van der Waals surface area contributed by atoms with E-state index in [1.54, 1.807) is 7.11 Å². The standard InChI is InChI=1S/C33H43NO4/c1-8-31(5)15-20(4)25-24-27(31)28(35)23-17-33(37-7,34-30(23)36)16-21-9-11-22(12-10-21)38-29(24)26-19(3)13-18(2)14-32(25,26)6/h8-12,15,18-19,23-27,29H,1,13-14,16-17H2,2-7H3,(H,34,36)/t18-,19-,23-,24?,25?,26?,27-,29-,31+,32+,33+/m1/s1. The number of fused-ring (bicyclic) bond motifs is 4. The minimum Gasteiger partial charge on any atom is -0.490 e. The van der Waals surface area contributed by atoms with E-state index >= 15 is 0 Å². The normalized spacial score (nSPS) is 47.5. The van der Waals surface area contributed by atoms with E-state index in [2.05, 4.69) is 76.9 Å². The number of methoxy groups -OCH3 is 1. The minimum absolute atomic E-state index is 0.0132. The zero-order valence-corrected chi connectivity index (χ0v) is 23.8. The summed E-state index contributed by atoms with van der Waals surface area (Å²) < 4.78 is 13.0. The molecule has 1 saturated heterocycles. The second kappa shape index (κ2) is 8.55. The maximum atomic E-state index is 14.7. The highest BCUT2D eigenvalue weighted by Crippen LogP contribution is 2.68. The number of ketones is 1. The van der Waals surface area contributed by atoms with Gasteiger partial charge in [-0.1, -0.05) is 57.6 Å². The number of amides is 1. The van der Waals surface area contributed by atoms with Crippen LogP contribution in [-0.4, -0.2) is 30.6 Å². The molecule has 204 valence electrons. The van der Waals surface area contributed by atoms with Crippen molar-refractivity contribution in [3.8, 4) is 5.75 Å². The number of rotatable bonds is 2. The lowest BCUT2D eigenvalue weighted by Crippen LogP contribution is -2.50. The molecule has 38 heavy (non-hydrogen) atoms. The Bertz CT molecular complexity index is 1200. The Labute approximate surface area is 227 Å². The molecule has 1 amide bonds. The van der Waals surface area contributed by atoms with Crippen LogP contribution in [0.2, 0.25) is 0 Å². The number of carbonyl (C=O) groups excluding carboxylic acids is 2.